The summed E-state index contributed by atoms with van der Waals surface area (Å²) in [6.45, 7) is 0. The first-order valence-electron chi connectivity index (χ1n) is 9.28. The van der Waals surface area contributed by atoms with Crippen LogP contribution in [0.25, 0.3) is 22.3 Å². The molecule has 2 atom stereocenters. The van der Waals surface area contributed by atoms with Crippen LogP contribution in [-0.4, -0.2) is 42.1 Å². The number of hydrogen-bond donors (Lipinski definition) is 3. The zero-order valence-corrected chi connectivity index (χ0v) is 15.6. The first-order chi connectivity index (χ1) is 13.8. The van der Waals surface area contributed by atoms with Gasteiger partial charge in [0.2, 0.25) is 0 Å². The molecule has 0 amide bonds. The Hall–Kier alpha value is -2.88. The monoisotopic (exact) mass is 407 g/mol. The summed E-state index contributed by atoms with van der Waals surface area (Å²) in [4.78, 5) is 3.79. The van der Waals surface area contributed by atoms with Crippen LogP contribution in [0.3, 0.4) is 0 Å². The SMILES string of the molecule is Cn1ccc2c(-c3ncc(C(F)(F)F)cc3O)nnc(NC3CCCCC3O)c21. The maximum Gasteiger partial charge on any atom is 0.418 e. The molecule has 1 aliphatic carbocycles. The molecule has 3 aromatic heterocycles. The van der Waals surface area contributed by atoms with E-state index in [-0.39, 0.29) is 17.4 Å². The van der Waals surface area contributed by atoms with Crippen LogP contribution in [-0.2, 0) is 13.2 Å². The Morgan fingerprint density at radius 1 is 1.17 bits per heavy atom. The Kier molecular flexibility index (Phi) is 4.81. The van der Waals surface area contributed by atoms with Gasteiger partial charge in [-0.15, -0.1) is 10.2 Å². The van der Waals surface area contributed by atoms with Gasteiger partial charge < -0.3 is 20.1 Å². The fourth-order valence-corrected chi connectivity index (χ4v) is 3.73. The maximum atomic E-state index is 12.9. The minimum absolute atomic E-state index is 0.0778. The highest BCUT2D eigenvalue weighted by molar-refractivity contribution is 5.98. The molecule has 1 aliphatic rings. The third kappa shape index (κ3) is 3.59. The molecule has 0 bridgehead atoms. The van der Waals surface area contributed by atoms with E-state index < -0.39 is 23.6 Å². The van der Waals surface area contributed by atoms with E-state index in [1.54, 1.807) is 23.9 Å². The number of aliphatic hydroxyl groups is 1. The van der Waals surface area contributed by atoms with Crippen molar-refractivity contribution in [2.75, 3.05) is 5.32 Å². The van der Waals surface area contributed by atoms with Crippen LogP contribution in [0.4, 0.5) is 19.0 Å². The maximum absolute atomic E-state index is 12.9. The van der Waals surface area contributed by atoms with Crippen molar-refractivity contribution in [2.24, 2.45) is 7.05 Å². The van der Waals surface area contributed by atoms with Crippen molar-refractivity contribution >= 4 is 16.7 Å². The van der Waals surface area contributed by atoms with E-state index in [1.165, 1.54) is 0 Å². The predicted octanol–water partition coefficient (Wildman–Crippen LogP) is 3.47. The standard InChI is InChI=1S/C19H20F3N5O2/c1-27-7-6-11-15(16-14(29)8-10(9-23-16)19(20,21)22)25-26-18(17(11)27)24-12-4-2-3-5-13(12)28/h6-9,12-13,28-29H,2-5H2,1H3,(H,24,26). The van der Waals surface area contributed by atoms with E-state index in [9.17, 15) is 23.4 Å². The Morgan fingerprint density at radius 3 is 2.62 bits per heavy atom. The molecule has 3 aromatic rings. The molecule has 3 heterocycles. The Balaban J connectivity index is 1.76. The Labute approximate surface area is 164 Å². The number of aliphatic hydroxyl groups excluding tert-OH is 1. The molecule has 0 radical (unpaired) electrons. The molecule has 0 spiro atoms. The van der Waals surface area contributed by atoms with Crippen LogP contribution in [0, 0.1) is 0 Å². The highest BCUT2D eigenvalue weighted by Gasteiger charge is 2.32. The topological polar surface area (TPSA) is 96.1 Å². The van der Waals surface area contributed by atoms with Crippen molar-refractivity contribution in [1.82, 2.24) is 19.7 Å². The number of alkyl halides is 3. The van der Waals surface area contributed by atoms with Crippen molar-refractivity contribution in [2.45, 2.75) is 44.0 Å². The number of aromatic nitrogens is 4. The summed E-state index contributed by atoms with van der Waals surface area (Å²) >= 11 is 0. The molecule has 7 nitrogen and oxygen atoms in total. The zero-order chi connectivity index (χ0) is 20.8. The molecule has 2 unspecified atom stereocenters. The number of hydrogen-bond acceptors (Lipinski definition) is 6. The molecule has 0 aliphatic heterocycles. The smallest absolute Gasteiger partial charge is 0.418 e. The zero-order valence-electron chi connectivity index (χ0n) is 15.6. The van der Waals surface area contributed by atoms with Crippen molar-refractivity contribution in [1.29, 1.82) is 0 Å². The van der Waals surface area contributed by atoms with Crippen LogP contribution in [0.2, 0.25) is 0 Å². The number of rotatable bonds is 3. The molecule has 1 saturated carbocycles. The predicted molar refractivity (Wildman–Crippen MR) is 100 cm³/mol. The fourth-order valence-electron chi connectivity index (χ4n) is 3.73. The second-order valence-electron chi connectivity index (χ2n) is 7.28. The number of fused-ring (bicyclic) bond motifs is 1. The molecule has 154 valence electrons. The quantitative estimate of drug-likeness (QED) is 0.615. The number of aryl methyl sites for hydroxylation is 1. The van der Waals surface area contributed by atoms with Gasteiger partial charge in [-0.3, -0.25) is 0 Å². The van der Waals surface area contributed by atoms with Gasteiger partial charge in [0, 0.05) is 24.8 Å². The average molecular weight is 407 g/mol. The van der Waals surface area contributed by atoms with Crippen molar-refractivity contribution in [3.8, 4) is 17.1 Å². The minimum Gasteiger partial charge on any atom is -0.506 e. The molecule has 0 aromatic carbocycles. The van der Waals surface area contributed by atoms with Gasteiger partial charge in [0.05, 0.1) is 23.2 Å². The van der Waals surface area contributed by atoms with Gasteiger partial charge in [-0.05, 0) is 25.0 Å². The van der Waals surface area contributed by atoms with Crippen LogP contribution in [0.15, 0.2) is 24.5 Å². The number of halogens is 3. The first-order valence-corrected chi connectivity index (χ1v) is 9.28. The van der Waals surface area contributed by atoms with Gasteiger partial charge in [-0.2, -0.15) is 13.2 Å². The van der Waals surface area contributed by atoms with Crippen LogP contribution in [0.1, 0.15) is 31.2 Å². The number of nitrogens with zero attached hydrogens (tertiary/aromatic N) is 4. The number of nitrogens with one attached hydrogen (secondary N) is 1. The van der Waals surface area contributed by atoms with Gasteiger partial charge in [0.15, 0.2) is 5.82 Å². The normalized spacial score (nSPS) is 20.2. The molecule has 29 heavy (non-hydrogen) atoms. The third-order valence-corrected chi connectivity index (χ3v) is 5.27. The van der Waals surface area contributed by atoms with Gasteiger partial charge in [-0.1, -0.05) is 12.8 Å². The molecule has 3 N–H and O–H groups in total. The lowest BCUT2D eigenvalue weighted by atomic mass is 9.92. The lowest BCUT2D eigenvalue weighted by molar-refractivity contribution is -0.137. The first kappa shape index (κ1) is 19.4. The van der Waals surface area contributed by atoms with Crippen LogP contribution in [0.5, 0.6) is 5.75 Å². The summed E-state index contributed by atoms with van der Waals surface area (Å²) in [5.41, 5.74) is -0.276. The summed E-state index contributed by atoms with van der Waals surface area (Å²) in [5.74, 6) is -0.156. The molecular weight excluding hydrogens is 387 g/mol. The summed E-state index contributed by atoms with van der Waals surface area (Å²) < 4.78 is 40.4. The van der Waals surface area contributed by atoms with E-state index in [0.29, 0.717) is 35.4 Å². The summed E-state index contributed by atoms with van der Waals surface area (Å²) in [5, 5.41) is 32.5. The highest BCUT2D eigenvalue weighted by atomic mass is 19.4. The van der Waals surface area contributed by atoms with E-state index in [2.05, 4.69) is 20.5 Å². The molecule has 10 heteroatoms. The Morgan fingerprint density at radius 2 is 1.93 bits per heavy atom. The minimum atomic E-state index is -4.61. The van der Waals surface area contributed by atoms with Crippen molar-refractivity contribution < 1.29 is 23.4 Å². The van der Waals surface area contributed by atoms with Gasteiger partial charge >= 0.3 is 6.18 Å². The lowest BCUT2D eigenvalue weighted by Gasteiger charge is -2.28. The highest BCUT2D eigenvalue weighted by Crippen LogP contribution is 2.37. The Bertz CT molecular complexity index is 1050. The second kappa shape index (κ2) is 7.18. The molecule has 4 rings (SSSR count). The van der Waals surface area contributed by atoms with Crippen LogP contribution >= 0.6 is 0 Å². The molecule has 1 fully saturated rings. The van der Waals surface area contributed by atoms with Gasteiger partial charge in [0.25, 0.3) is 0 Å². The van der Waals surface area contributed by atoms with Crippen molar-refractivity contribution in [3.05, 3.63) is 30.1 Å². The average Bonchev–Trinajstić information content (AvgIpc) is 3.06. The summed E-state index contributed by atoms with van der Waals surface area (Å²) in [6, 6.07) is 2.21. The number of pyridine rings is 1. The largest absolute Gasteiger partial charge is 0.506 e. The fraction of sp³-hybridized carbons (Fsp3) is 0.421. The van der Waals surface area contributed by atoms with Gasteiger partial charge in [0.1, 0.15) is 17.1 Å². The summed E-state index contributed by atoms with van der Waals surface area (Å²) in [7, 11) is 1.80. The van der Waals surface area contributed by atoms with Crippen LogP contribution < -0.4 is 5.32 Å². The second-order valence-corrected chi connectivity index (χ2v) is 7.28. The number of anilines is 1. The van der Waals surface area contributed by atoms with E-state index in [4.69, 9.17) is 0 Å². The van der Waals surface area contributed by atoms with E-state index >= 15 is 0 Å². The third-order valence-electron chi connectivity index (χ3n) is 5.27. The van der Waals surface area contributed by atoms with Crippen molar-refractivity contribution in [3.63, 3.8) is 0 Å². The summed E-state index contributed by atoms with van der Waals surface area (Å²) in [6.07, 6.45) is 0.826. The lowest BCUT2D eigenvalue weighted by Crippen LogP contribution is -2.36. The number of aromatic hydroxyl groups is 1. The van der Waals surface area contributed by atoms with E-state index in [1.807, 2.05) is 0 Å². The van der Waals surface area contributed by atoms with E-state index in [0.717, 1.165) is 19.3 Å². The van der Waals surface area contributed by atoms with Gasteiger partial charge in [-0.25, -0.2) is 4.98 Å². The molecule has 0 saturated heterocycles. The molecular formula is C19H20F3N5O2.